The van der Waals surface area contributed by atoms with Crippen LogP contribution < -0.4 is 10.6 Å². The van der Waals surface area contributed by atoms with Crippen molar-refractivity contribution >= 4 is 25.7 Å². The van der Waals surface area contributed by atoms with Gasteiger partial charge in [-0.1, -0.05) is 35.9 Å². The number of rotatable bonds is 5. The molecule has 1 N–H and O–H groups in total. The van der Waals surface area contributed by atoms with Gasteiger partial charge in [0.15, 0.2) is 11.6 Å². The van der Waals surface area contributed by atoms with Crippen molar-refractivity contribution in [2.24, 2.45) is 0 Å². The smallest absolute Gasteiger partial charge is 0.170 e. The normalized spacial score (nSPS) is 13.9. The summed E-state index contributed by atoms with van der Waals surface area (Å²) in [7, 11) is 4.08. The van der Waals surface area contributed by atoms with Crippen LogP contribution in [0.25, 0.3) is 22.3 Å². The third-order valence-electron chi connectivity index (χ3n) is 5.65. The summed E-state index contributed by atoms with van der Waals surface area (Å²) in [5.74, 6) is -2.95. The van der Waals surface area contributed by atoms with Gasteiger partial charge in [0.1, 0.15) is 5.82 Å². The fraction of sp³-hybridized carbons (Fsp3) is 0.280. The second kappa shape index (κ2) is 8.91. The number of nitrogens with one attached hydrogen (secondary N) is 1. The van der Waals surface area contributed by atoms with Gasteiger partial charge in [-0.3, -0.25) is 0 Å². The monoisotopic (exact) mass is 429 g/mol. The van der Waals surface area contributed by atoms with Crippen LogP contribution in [-0.2, 0) is 0 Å². The molecule has 0 amide bonds. The van der Waals surface area contributed by atoms with Gasteiger partial charge in [0.2, 0.25) is 0 Å². The van der Waals surface area contributed by atoms with E-state index >= 15 is 13.2 Å². The maximum absolute atomic E-state index is 15.4. The minimum Gasteiger partial charge on any atom is -0.316 e. The zero-order valence-corrected chi connectivity index (χ0v) is 19.0. The van der Waals surface area contributed by atoms with Crippen molar-refractivity contribution in [1.29, 1.82) is 0 Å². The summed E-state index contributed by atoms with van der Waals surface area (Å²) < 4.78 is 45.9. The lowest BCUT2D eigenvalue weighted by molar-refractivity contribution is 0.497. The highest BCUT2D eigenvalue weighted by molar-refractivity contribution is 7.28. The molecular formula is C25H27F3NP. The van der Waals surface area contributed by atoms with E-state index in [0.29, 0.717) is 24.1 Å². The molecule has 0 saturated carbocycles. The van der Waals surface area contributed by atoms with E-state index < -0.39 is 17.5 Å². The van der Waals surface area contributed by atoms with Crippen molar-refractivity contribution in [2.45, 2.75) is 33.6 Å². The van der Waals surface area contributed by atoms with E-state index in [2.05, 4.69) is 21.1 Å². The number of halogens is 3. The molecule has 30 heavy (non-hydrogen) atoms. The van der Waals surface area contributed by atoms with E-state index in [9.17, 15) is 0 Å². The molecule has 3 rings (SSSR count). The minimum atomic E-state index is -1.16. The lowest BCUT2D eigenvalue weighted by Gasteiger charge is -2.19. The van der Waals surface area contributed by atoms with Crippen LogP contribution in [0.15, 0.2) is 36.4 Å². The van der Waals surface area contributed by atoms with E-state index in [4.69, 9.17) is 0 Å². The molecule has 0 saturated heterocycles. The second-order valence-corrected chi connectivity index (χ2v) is 8.46. The maximum Gasteiger partial charge on any atom is 0.170 e. The van der Waals surface area contributed by atoms with Gasteiger partial charge in [-0.15, -0.1) is 9.24 Å². The van der Waals surface area contributed by atoms with E-state index in [0.717, 1.165) is 34.3 Å². The molecule has 1 unspecified atom stereocenters. The highest BCUT2D eigenvalue weighted by Crippen LogP contribution is 2.36. The van der Waals surface area contributed by atoms with Crippen molar-refractivity contribution in [1.82, 2.24) is 5.32 Å². The van der Waals surface area contributed by atoms with Crippen LogP contribution in [0.2, 0.25) is 0 Å². The van der Waals surface area contributed by atoms with Crippen LogP contribution in [0.3, 0.4) is 0 Å². The Kier molecular flexibility index (Phi) is 6.69. The second-order valence-electron chi connectivity index (χ2n) is 7.88. The number of hydrogen-bond donors (Lipinski definition) is 1. The first-order valence-corrected chi connectivity index (χ1v) is 10.5. The summed E-state index contributed by atoms with van der Waals surface area (Å²) in [5, 5.41) is 3.07. The summed E-state index contributed by atoms with van der Waals surface area (Å²) in [5.41, 5.74) is 5.08. The zero-order chi connectivity index (χ0) is 22.2. The average molecular weight is 429 g/mol. The molecule has 0 radical (unpaired) electrons. The molecule has 0 bridgehead atoms. The van der Waals surface area contributed by atoms with E-state index in [1.807, 2.05) is 27.8 Å². The van der Waals surface area contributed by atoms with Crippen LogP contribution in [0.4, 0.5) is 13.2 Å². The maximum atomic E-state index is 15.4. The van der Waals surface area contributed by atoms with Gasteiger partial charge in [0.05, 0.1) is 5.56 Å². The van der Waals surface area contributed by atoms with Gasteiger partial charge in [-0.25, -0.2) is 13.2 Å². The lowest BCUT2D eigenvalue weighted by Crippen LogP contribution is -2.16. The Labute approximate surface area is 179 Å². The molecule has 1 aliphatic rings. The van der Waals surface area contributed by atoms with Crippen molar-refractivity contribution in [3.63, 3.8) is 0 Å². The molecule has 2 aromatic rings. The van der Waals surface area contributed by atoms with Gasteiger partial charge < -0.3 is 5.32 Å². The van der Waals surface area contributed by atoms with Gasteiger partial charge in [0.25, 0.3) is 0 Å². The third-order valence-corrected chi connectivity index (χ3v) is 6.20. The summed E-state index contributed by atoms with van der Waals surface area (Å²) in [6, 6.07) is 3.51. The largest absolute Gasteiger partial charge is 0.316 e. The average Bonchev–Trinajstić information content (AvgIpc) is 2.69. The quantitative estimate of drug-likeness (QED) is 0.438. The topological polar surface area (TPSA) is 12.0 Å². The first-order chi connectivity index (χ1) is 14.2. The number of aryl methyl sites for hydroxylation is 1. The molecule has 0 fully saturated rings. The van der Waals surface area contributed by atoms with E-state index in [1.165, 1.54) is 0 Å². The van der Waals surface area contributed by atoms with Crippen LogP contribution in [-0.4, -0.2) is 13.6 Å². The first-order valence-electron chi connectivity index (χ1n) is 9.95. The Bertz CT molecular complexity index is 1070. The predicted molar refractivity (Wildman–Crippen MR) is 124 cm³/mol. The summed E-state index contributed by atoms with van der Waals surface area (Å²) in [6.07, 6.45) is 4.99. The number of likely N-dealkylation sites (N-methyl/N-ethyl adjacent to an activating group) is 1. The summed E-state index contributed by atoms with van der Waals surface area (Å²) in [4.78, 5) is 0. The van der Waals surface area contributed by atoms with E-state index in [1.54, 1.807) is 24.3 Å². The number of benzene rings is 2. The first kappa shape index (κ1) is 22.5. The molecule has 1 aliphatic carbocycles. The predicted octanol–water partition coefficient (Wildman–Crippen LogP) is 6.24. The Morgan fingerprint density at radius 3 is 2.40 bits per heavy atom. The standard InChI is InChI=1S/C25H27F3NP/c1-13(2)19-11-18(9-14(3)15(19)4)21-23(27)22(26)20(24(28)25(21)30)17-8-6-7-16(10-17)12-29-5/h8-11,29H,1,6-7,12,30H2,2-5H3. The Morgan fingerprint density at radius 2 is 1.77 bits per heavy atom. The number of allylic oxidation sites excluding steroid dienone is 4. The van der Waals surface area contributed by atoms with Crippen LogP contribution >= 0.6 is 9.24 Å². The van der Waals surface area contributed by atoms with Gasteiger partial charge in [-0.05, 0) is 74.6 Å². The van der Waals surface area contributed by atoms with Crippen molar-refractivity contribution in [3.8, 4) is 11.1 Å². The van der Waals surface area contributed by atoms with Crippen molar-refractivity contribution in [2.75, 3.05) is 13.6 Å². The fourth-order valence-corrected chi connectivity index (χ4v) is 4.40. The SMILES string of the molecule is C=C(C)c1cc(-c2c(F)c(F)c(C3=CCCC(CNC)=C3)c(F)c2P)cc(C)c1C. The van der Waals surface area contributed by atoms with Gasteiger partial charge in [-0.2, -0.15) is 0 Å². The molecule has 2 aromatic carbocycles. The summed E-state index contributed by atoms with van der Waals surface area (Å²) in [6.45, 7) is 10.3. The van der Waals surface area contributed by atoms with Crippen molar-refractivity contribution < 1.29 is 13.2 Å². The van der Waals surface area contributed by atoms with Gasteiger partial charge >= 0.3 is 0 Å². The molecule has 0 spiro atoms. The van der Waals surface area contributed by atoms with Crippen LogP contribution in [0.5, 0.6) is 0 Å². The zero-order valence-electron chi connectivity index (χ0n) is 17.8. The molecule has 0 aliphatic heterocycles. The lowest BCUT2D eigenvalue weighted by atomic mass is 9.89. The molecule has 0 aromatic heterocycles. The number of hydrogen-bond acceptors (Lipinski definition) is 1. The molecule has 5 heteroatoms. The fourth-order valence-electron chi connectivity index (χ4n) is 3.97. The van der Waals surface area contributed by atoms with Crippen molar-refractivity contribution in [3.05, 3.63) is 76.1 Å². The van der Waals surface area contributed by atoms with Gasteiger partial charge in [0, 0.05) is 17.4 Å². The Morgan fingerprint density at radius 1 is 1.10 bits per heavy atom. The molecule has 1 atom stereocenters. The third kappa shape index (κ3) is 4.04. The summed E-state index contributed by atoms with van der Waals surface area (Å²) >= 11 is 0. The molecule has 0 heterocycles. The minimum absolute atomic E-state index is 0.0230. The Hall–Kier alpha value is -2.16. The molecule has 158 valence electrons. The van der Waals surface area contributed by atoms with Crippen LogP contribution in [0, 0.1) is 31.3 Å². The highest BCUT2D eigenvalue weighted by Gasteiger charge is 2.26. The van der Waals surface area contributed by atoms with E-state index in [-0.39, 0.29) is 16.4 Å². The Balaban J connectivity index is 2.23. The molecular weight excluding hydrogens is 402 g/mol. The molecule has 1 nitrogen and oxygen atoms in total. The van der Waals surface area contributed by atoms with Crippen LogP contribution in [0.1, 0.15) is 42.0 Å². The highest BCUT2D eigenvalue weighted by atomic mass is 31.0.